The zero-order chi connectivity index (χ0) is 24.1. The van der Waals surface area contributed by atoms with Gasteiger partial charge in [0.25, 0.3) is 5.91 Å². The summed E-state index contributed by atoms with van der Waals surface area (Å²) >= 11 is 0. The predicted octanol–water partition coefficient (Wildman–Crippen LogP) is 3.01. The van der Waals surface area contributed by atoms with Crippen LogP contribution in [0.3, 0.4) is 0 Å². The van der Waals surface area contributed by atoms with Crippen molar-refractivity contribution in [2.45, 2.75) is 19.5 Å². The molecule has 2 heterocycles. The molecule has 0 aliphatic heterocycles. The molecule has 0 aliphatic carbocycles. The number of nitrogens with zero attached hydrogens (tertiary/aromatic N) is 4. The van der Waals surface area contributed by atoms with Gasteiger partial charge in [0.05, 0.1) is 12.1 Å². The van der Waals surface area contributed by atoms with Gasteiger partial charge in [-0.2, -0.15) is 0 Å². The van der Waals surface area contributed by atoms with Gasteiger partial charge in [-0.1, -0.05) is 17.3 Å². The number of benzene rings is 2. The van der Waals surface area contributed by atoms with Crippen LogP contribution in [-0.4, -0.2) is 47.1 Å². The van der Waals surface area contributed by atoms with Crippen molar-refractivity contribution in [3.8, 4) is 0 Å². The van der Waals surface area contributed by atoms with Crippen LogP contribution >= 0.6 is 0 Å². The van der Waals surface area contributed by atoms with E-state index in [1.807, 2.05) is 12.1 Å². The molecule has 0 bridgehead atoms. The summed E-state index contributed by atoms with van der Waals surface area (Å²) in [5.41, 5.74) is 1.64. The highest BCUT2D eigenvalue weighted by atomic mass is 19.1. The molecule has 1 atom stereocenters. The Morgan fingerprint density at radius 3 is 2.62 bits per heavy atom. The van der Waals surface area contributed by atoms with E-state index >= 15 is 0 Å². The number of nitrogens with one attached hydrogen (secondary N) is 1. The van der Waals surface area contributed by atoms with E-state index in [2.05, 4.69) is 15.6 Å². The highest BCUT2D eigenvalue weighted by molar-refractivity contribution is 6.01. The van der Waals surface area contributed by atoms with Crippen molar-refractivity contribution >= 4 is 28.5 Å². The Bertz CT molecular complexity index is 1280. The van der Waals surface area contributed by atoms with Crippen LogP contribution < -0.4 is 10.2 Å². The summed E-state index contributed by atoms with van der Waals surface area (Å²) in [4.78, 5) is 28.3. The maximum Gasteiger partial charge on any atom is 0.251 e. The first kappa shape index (κ1) is 23.1. The largest absolute Gasteiger partial charge is 0.464 e. The molecular weight excluding hydrogens is 441 g/mol. The average Bonchev–Trinajstić information content (AvgIpc) is 3.44. The summed E-state index contributed by atoms with van der Waals surface area (Å²) in [6.07, 6.45) is 0. The SMILES string of the molecule is COCCNC(=O)C(c1ccc(C)o1)N(C(=O)Cn1nnc2ccccc21)c1ccc(F)cc1. The fraction of sp³-hybridized carbons (Fsp3) is 0.250. The number of anilines is 1. The Kier molecular flexibility index (Phi) is 6.98. The molecule has 1 N–H and O–H groups in total. The van der Waals surface area contributed by atoms with E-state index in [-0.39, 0.29) is 18.8 Å². The zero-order valence-electron chi connectivity index (χ0n) is 18.8. The van der Waals surface area contributed by atoms with Crippen molar-refractivity contribution in [2.24, 2.45) is 0 Å². The summed E-state index contributed by atoms with van der Waals surface area (Å²) in [6, 6.07) is 14.8. The van der Waals surface area contributed by atoms with Gasteiger partial charge in [0.1, 0.15) is 29.4 Å². The smallest absolute Gasteiger partial charge is 0.251 e. The number of fused-ring (bicyclic) bond motifs is 1. The zero-order valence-corrected chi connectivity index (χ0v) is 18.8. The van der Waals surface area contributed by atoms with E-state index in [4.69, 9.17) is 9.15 Å². The Morgan fingerprint density at radius 1 is 1.15 bits per heavy atom. The van der Waals surface area contributed by atoms with Gasteiger partial charge in [0.15, 0.2) is 6.04 Å². The van der Waals surface area contributed by atoms with Crippen LogP contribution in [0.4, 0.5) is 10.1 Å². The number of aromatic nitrogens is 3. The number of halogens is 1. The highest BCUT2D eigenvalue weighted by Crippen LogP contribution is 2.30. The van der Waals surface area contributed by atoms with Gasteiger partial charge in [-0.25, -0.2) is 9.07 Å². The van der Waals surface area contributed by atoms with Gasteiger partial charge in [0, 0.05) is 19.3 Å². The van der Waals surface area contributed by atoms with Crippen molar-refractivity contribution in [1.29, 1.82) is 0 Å². The summed E-state index contributed by atoms with van der Waals surface area (Å²) in [5, 5.41) is 10.9. The topological polar surface area (TPSA) is 102 Å². The molecule has 0 fully saturated rings. The minimum absolute atomic E-state index is 0.195. The van der Waals surface area contributed by atoms with Crippen LogP contribution in [0.15, 0.2) is 65.1 Å². The summed E-state index contributed by atoms with van der Waals surface area (Å²) in [6.45, 7) is 2.09. The third kappa shape index (κ3) is 4.96. The van der Waals surface area contributed by atoms with E-state index < -0.39 is 23.7 Å². The second kappa shape index (κ2) is 10.3. The highest BCUT2D eigenvalue weighted by Gasteiger charge is 2.35. The molecule has 4 rings (SSSR count). The third-order valence-electron chi connectivity index (χ3n) is 5.22. The Labute approximate surface area is 195 Å². The molecule has 0 aliphatic rings. The number of carbonyl (C=O) groups is 2. The standard InChI is InChI=1S/C24H24FN5O4/c1-16-7-12-21(34-16)23(24(32)26-13-14-33-2)30(18-10-8-17(25)9-11-18)22(31)15-29-20-6-4-3-5-19(20)27-28-29/h3-12,23H,13-15H2,1-2H3,(H,26,32). The first-order valence-electron chi connectivity index (χ1n) is 10.7. The minimum atomic E-state index is -1.14. The lowest BCUT2D eigenvalue weighted by Gasteiger charge is -2.30. The first-order valence-corrected chi connectivity index (χ1v) is 10.7. The molecule has 0 spiro atoms. The molecule has 0 saturated heterocycles. The number of carbonyl (C=O) groups excluding carboxylic acids is 2. The number of furan rings is 1. The quantitative estimate of drug-likeness (QED) is 0.381. The van der Waals surface area contributed by atoms with Crippen LogP contribution in [0.5, 0.6) is 0 Å². The lowest BCUT2D eigenvalue weighted by Crippen LogP contribution is -2.45. The number of rotatable bonds is 9. The van der Waals surface area contributed by atoms with E-state index in [1.165, 1.54) is 41.0 Å². The van der Waals surface area contributed by atoms with Gasteiger partial charge >= 0.3 is 0 Å². The number of aryl methyl sites for hydroxylation is 1. The number of amides is 2. The number of methoxy groups -OCH3 is 1. The predicted molar refractivity (Wildman–Crippen MR) is 122 cm³/mol. The molecule has 1 unspecified atom stereocenters. The summed E-state index contributed by atoms with van der Waals surface area (Å²) in [7, 11) is 1.52. The van der Waals surface area contributed by atoms with Gasteiger partial charge in [-0.05, 0) is 55.5 Å². The van der Waals surface area contributed by atoms with E-state index in [0.29, 0.717) is 29.1 Å². The molecular formula is C24H24FN5O4. The summed E-state index contributed by atoms with van der Waals surface area (Å²) in [5.74, 6) is -0.531. The van der Waals surface area contributed by atoms with Crippen LogP contribution in [0.1, 0.15) is 17.6 Å². The fourth-order valence-electron chi connectivity index (χ4n) is 3.62. The number of para-hydroxylation sites is 1. The van der Waals surface area contributed by atoms with Crippen LogP contribution in [0.2, 0.25) is 0 Å². The van der Waals surface area contributed by atoms with Gasteiger partial charge in [0.2, 0.25) is 5.91 Å². The van der Waals surface area contributed by atoms with E-state index in [1.54, 1.807) is 31.2 Å². The first-order chi connectivity index (χ1) is 16.5. The number of ether oxygens (including phenoxy) is 1. The maximum atomic E-state index is 13.7. The maximum absolute atomic E-state index is 13.7. The fourth-order valence-corrected chi connectivity index (χ4v) is 3.62. The monoisotopic (exact) mass is 465 g/mol. The van der Waals surface area contributed by atoms with Crippen LogP contribution in [0, 0.1) is 12.7 Å². The third-order valence-corrected chi connectivity index (χ3v) is 5.22. The lowest BCUT2D eigenvalue weighted by atomic mass is 10.1. The molecule has 4 aromatic rings. The van der Waals surface area contributed by atoms with Crippen molar-refractivity contribution in [3.63, 3.8) is 0 Å². The Hall–Kier alpha value is -4.05. The summed E-state index contributed by atoms with van der Waals surface area (Å²) < 4.78 is 25.9. The molecule has 9 nitrogen and oxygen atoms in total. The normalized spacial score (nSPS) is 12.0. The molecule has 176 valence electrons. The number of hydrogen-bond acceptors (Lipinski definition) is 6. The van der Waals surface area contributed by atoms with Crippen molar-refractivity contribution in [1.82, 2.24) is 20.3 Å². The van der Waals surface area contributed by atoms with Crippen molar-refractivity contribution in [2.75, 3.05) is 25.2 Å². The van der Waals surface area contributed by atoms with Crippen LogP contribution in [-0.2, 0) is 20.9 Å². The molecule has 2 amide bonds. The molecule has 0 radical (unpaired) electrons. The minimum Gasteiger partial charge on any atom is -0.464 e. The second-order valence-electron chi connectivity index (χ2n) is 7.61. The van der Waals surface area contributed by atoms with Crippen molar-refractivity contribution < 1.29 is 23.1 Å². The Morgan fingerprint density at radius 2 is 1.91 bits per heavy atom. The lowest BCUT2D eigenvalue weighted by molar-refractivity contribution is -0.127. The molecule has 2 aromatic heterocycles. The average molecular weight is 465 g/mol. The van der Waals surface area contributed by atoms with Gasteiger partial charge in [-0.3, -0.25) is 14.5 Å². The molecule has 2 aromatic carbocycles. The molecule has 34 heavy (non-hydrogen) atoms. The van der Waals surface area contributed by atoms with Crippen LogP contribution in [0.25, 0.3) is 11.0 Å². The van der Waals surface area contributed by atoms with Gasteiger partial charge < -0.3 is 14.5 Å². The molecule has 0 saturated carbocycles. The van der Waals surface area contributed by atoms with Gasteiger partial charge in [-0.15, -0.1) is 5.10 Å². The number of hydrogen-bond donors (Lipinski definition) is 1. The van der Waals surface area contributed by atoms with E-state index in [0.717, 1.165) is 0 Å². The van der Waals surface area contributed by atoms with Crippen molar-refractivity contribution in [3.05, 3.63) is 78.0 Å². The Balaban J connectivity index is 1.75. The molecule has 10 heteroatoms. The van der Waals surface area contributed by atoms with E-state index in [9.17, 15) is 14.0 Å². The second-order valence-corrected chi connectivity index (χ2v) is 7.61.